The standard InChI is InChI=1S/C18H17N3O3/c1-21-15-8-3-2-6-13(15)10-16(21)18(23)19-11-12-5-4-7-14(9-12)17(22)20-24/h2-10,24H,11H2,1H3,(H,19,23)(H,20,22). The summed E-state index contributed by atoms with van der Waals surface area (Å²) in [4.78, 5) is 23.8. The molecule has 0 saturated heterocycles. The molecule has 0 aliphatic heterocycles. The summed E-state index contributed by atoms with van der Waals surface area (Å²) >= 11 is 0. The lowest BCUT2D eigenvalue weighted by molar-refractivity contribution is 0.0706. The minimum Gasteiger partial charge on any atom is -0.347 e. The van der Waals surface area contributed by atoms with Gasteiger partial charge in [0.15, 0.2) is 0 Å². The Morgan fingerprint density at radius 1 is 1.04 bits per heavy atom. The van der Waals surface area contributed by atoms with Gasteiger partial charge in [0.05, 0.1) is 0 Å². The average molecular weight is 323 g/mol. The smallest absolute Gasteiger partial charge is 0.274 e. The van der Waals surface area contributed by atoms with Gasteiger partial charge in [0.25, 0.3) is 11.8 Å². The van der Waals surface area contributed by atoms with E-state index in [2.05, 4.69) is 5.32 Å². The molecule has 0 bridgehead atoms. The van der Waals surface area contributed by atoms with Crippen LogP contribution in [-0.2, 0) is 13.6 Å². The van der Waals surface area contributed by atoms with Crippen LogP contribution < -0.4 is 10.8 Å². The molecule has 2 aromatic carbocycles. The molecule has 3 rings (SSSR count). The molecule has 24 heavy (non-hydrogen) atoms. The van der Waals surface area contributed by atoms with Gasteiger partial charge in [0.2, 0.25) is 0 Å². The summed E-state index contributed by atoms with van der Waals surface area (Å²) in [6.07, 6.45) is 0. The maximum Gasteiger partial charge on any atom is 0.274 e. The van der Waals surface area contributed by atoms with E-state index in [0.29, 0.717) is 11.3 Å². The molecule has 6 heteroatoms. The number of hydroxylamine groups is 1. The van der Waals surface area contributed by atoms with E-state index >= 15 is 0 Å². The number of amides is 2. The van der Waals surface area contributed by atoms with Crippen LogP contribution in [0, 0.1) is 0 Å². The zero-order valence-corrected chi connectivity index (χ0v) is 13.1. The fraction of sp³-hybridized carbons (Fsp3) is 0.111. The largest absolute Gasteiger partial charge is 0.347 e. The average Bonchev–Trinajstić information content (AvgIpc) is 2.96. The van der Waals surface area contributed by atoms with Crippen molar-refractivity contribution in [1.82, 2.24) is 15.4 Å². The van der Waals surface area contributed by atoms with E-state index in [9.17, 15) is 9.59 Å². The van der Waals surface area contributed by atoms with Crippen LogP contribution >= 0.6 is 0 Å². The van der Waals surface area contributed by atoms with Gasteiger partial charge in [-0.05, 0) is 29.8 Å². The van der Waals surface area contributed by atoms with Crippen molar-refractivity contribution in [1.29, 1.82) is 0 Å². The van der Waals surface area contributed by atoms with Gasteiger partial charge in [-0.15, -0.1) is 0 Å². The van der Waals surface area contributed by atoms with Gasteiger partial charge in [0, 0.05) is 30.1 Å². The molecule has 0 saturated carbocycles. The summed E-state index contributed by atoms with van der Waals surface area (Å²) < 4.78 is 1.85. The molecule has 0 aliphatic rings. The Labute approximate surface area is 138 Å². The van der Waals surface area contributed by atoms with Crippen molar-refractivity contribution in [2.45, 2.75) is 6.54 Å². The third-order valence-corrected chi connectivity index (χ3v) is 3.93. The van der Waals surface area contributed by atoms with Gasteiger partial charge >= 0.3 is 0 Å². The van der Waals surface area contributed by atoms with Crippen molar-refractivity contribution in [3.05, 3.63) is 71.4 Å². The molecule has 0 unspecified atom stereocenters. The Hall–Kier alpha value is -3.12. The van der Waals surface area contributed by atoms with Crippen molar-refractivity contribution in [2.75, 3.05) is 0 Å². The number of para-hydroxylation sites is 1. The summed E-state index contributed by atoms with van der Waals surface area (Å²) in [5.74, 6) is -0.775. The molecule has 1 heterocycles. The fourth-order valence-electron chi connectivity index (χ4n) is 2.67. The molecule has 0 spiro atoms. The second-order valence-corrected chi connectivity index (χ2v) is 5.47. The molecule has 3 aromatic rings. The van der Waals surface area contributed by atoms with Crippen LogP contribution in [0.4, 0.5) is 0 Å². The van der Waals surface area contributed by atoms with E-state index in [4.69, 9.17) is 5.21 Å². The van der Waals surface area contributed by atoms with Gasteiger partial charge in [0.1, 0.15) is 5.69 Å². The second-order valence-electron chi connectivity index (χ2n) is 5.47. The highest BCUT2D eigenvalue weighted by atomic mass is 16.5. The number of carbonyl (C=O) groups excluding carboxylic acids is 2. The van der Waals surface area contributed by atoms with Crippen LogP contribution in [0.15, 0.2) is 54.6 Å². The molecule has 0 radical (unpaired) electrons. The number of hydrogen-bond donors (Lipinski definition) is 3. The number of hydrogen-bond acceptors (Lipinski definition) is 3. The number of aromatic nitrogens is 1. The first-order valence-electron chi connectivity index (χ1n) is 7.46. The molecule has 0 aliphatic carbocycles. The molecular formula is C18H17N3O3. The minimum atomic E-state index is -0.586. The Balaban J connectivity index is 1.75. The SMILES string of the molecule is Cn1c(C(=O)NCc2cccc(C(=O)NO)c2)cc2ccccc21. The van der Waals surface area contributed by atoms with Crippen molar-refractivity contribution in [3.63, 3.8) is 0 Å². The number of rotatable bonds is 4. The molecule has 122 valence electrons. The van der Waals surface area contributed by atoms with E-state index in [-0.39, 0.29) is 12.5 Å². The summed E-state index contributed by atoms with van der Waals surface area (Å²) in [7, 11) is 1.85. The zero-order valence-electron chi connectivity index (χ0n) is 13.1. The number of aryl methyl sites for hydroxylation is 1. The number of benzene rings is 2. The van der Waals surface area contributed by atoms with Crippen LogP contribution in [-0.4, -0.2) is 21.6 Å². The van der Waals surface area contributed by atoms with E-state index in [1.165, 1.54) is 0 Å². The highest BCUT2D eigenvalue weighted by Crippen LogP contribution is 2.18. The lowest BCUT2D eigenvalue weighted by atomic mass is 10.1. The molecule has 0 fully saturated rings. The normalized spacial score (nSPS) is 10.6. The van der Waals surface area contributed by atoms with Gasteiger partial charge in [-0.2, -0.15) is 0 Å². The van der Waals surface area contributed by atoms with Gasteiger partial charge in [-0.25, -0.2) is 5.48 Å². The van der Waals surface area contributed by atoms with E-state index in [0.717, 1.165) is 16.5 Å². The molecule has 6 nitrogen and oxygen atoms in total. The highest BCUT2D eigenvalue weighted by molar-refractivity contribution is 5.98. The van der Waals surface area contributed by atoms with Gasteiger partial charge < -0.3 is 9.88 Å². The summed E-state index contributed by atoms with van der Waals surface area (Å²) in [5, 5.41) is 12.5. The fourth-order valence-corrected chi connectivity index (χ4v) is 2.67. The van der Waals surface area contributed by atoms with Gasteiger partial charge in [-0.1, -0.05) is 30.3 Å². The van der Waals surface area contributed by atoms with E-state index < -0.39 is 5.91 Å². The quantitative estimate of drug-likeness (QED) is 0.508. The summed E-state index contributed by atoms with van der Waals surface area (Å²) in [5.41, 5.74) is 4.25. The van der Waals surface area contributed by atoms with Crippen LogP contribution in [0.2, 0.25) is 0 Å². The van der Waals surface area contributed by atoms with Gasteiger partial charge in [-0.3, -0.25) is 14.8 Å². The molecule has 3 N–H and O–H groups in total. The van der Waals surface area contributed by atoms with E-state index in [1.54, 1.807) is 29.7 Å². The number of fused-ring (bicyclic) bond motifs is 1. The predicted molar refractivity (Wildman–Crippen MR) is 89.8 cm³/mol. The second kappa shape index (κ2) is 6.55. The first-order chi connectivity index (χ1) is 11.6. The third kappa shape index (κ3) is 3.00. The lowest BCUT2D eigenvalue weighted by Crippen LogP contribution is -2.25. The molecule has 0 atom stereocenters. The molecular weight excluding hydrogens is 306 g/mol. The predicted octanol–water partition coefficient (Wildman–Crippen LogP) is 2.23. The maximum atomic E-state index is 12.4. The number of carbonyl (C=O) groups is 2. The van der Waals surface area contributed by atoms with Crippen LogP contribution in [0.25, 0.3) is 10.9 Å². The Kier molecular flexibility index (Phi) is 4.31. The van der Waals surface area contributed by atoms with Crippen LogP contribution in [0.5, 0.6) is 0 Å². The van der Waals surface area contributed by atoms with E-state index in [1.807, 2.05) is 41.9 Å². The van der Waals surface area contributed by atoms with Crippen molar-refractivity contribution in [3.8, 4) is 0 Å². The zero-order chi connectivity index (χ0) is 17.1. The molecule has 1 aromatic heterocycles. The van der Waals surface area contributed by atoms with Crippen molar-refractivity contribution in [2.24, 2.45) is 7.05 Å². The molecule has 2 amide bonds. The highest BCUT2D eigenvalue weighted by Gasteiger charge is 2.13. The topological polar surface area (TPSA) is 83.4 Å². The minimum absolute atomic E-state index is 0.189. The van der Waals surface area contributed by atoms with Crippen LogP contribution in [0.1, 0.15) is 26.4 Å². The summed E-state index contributed by atoms with van der Waals surface area (Å²) in [6, 6.07) is 16.3. The Bertz CT molecular complexity index is 915. The summed E-state index contributed by atoms with van der Waals surface area (Å²) in [6.45, 7) is 0.285. The van der Waals surface area contributed by atoms with Crippen molar-refractivity contribution >= 4 is 22.7 Å². The maximum absolute atomic E-state index is 12.4. The monoisotopic (exact) mass is 323 g/mol. The first kappa shape index (κ1) is 15.8. The number of nitrogens with one attached hydrogen (secondary N) is 2. The van der Waals surface area contributed by atoms with Crippen LogP contribution in [0.3, 0.4) is 0 Å². The first-order valence-corrected chi connectivity index (χ1v) is 7.46. The van der Waals surface area contributed by atoms with Crippen molar-refractivity contribution < 1.29 is 14.8 Å². The Morgan fingerprint density at radius 3 is 2.58 bits per heavy atom. The number of nitrogens with zero attached hydrogens (tertiary/aromatic N) is 1. The lowest BCUT2D eigenvalue weighted by Gasteiger charge is -2.08. The third-order valence-electron chi connectivity index (χ3n) is 3.93. The Morgan fingerprint density at radius 2 is 1.83 bits per heavy atom.